The Kier molecular flexibility index (Phi) is 5.28. The van der Waals surface area contributed by atoms with Crippen LogP contribution in [0.25, 0.3) is 10.8 Å². The van der Waals surface area contributed by atoms with Gasteiger partial charge in [-0.25, -0.2) is 0 Å². The molecule has 0 spiro atoms. The lowest BCUT2D eigenvalue weighted by Crippen LogP contribution is -2.10. The zero-order chi connectivity index (χ0) is 18.7. The quantitative estimate of drug-likeness (QED) is 0.301. The predicted octanol–water partition coefficient (Wildman–Crippen LogP) is 4.86. The second kappa shape index (κ2) is 7.46. The fourth-order valence-electron chi connectivity index (χ4n) is 2.49. The highest BCUT2D eigenvalue weighted by molar-refractivity contribution is 8.25. The van der Waals surface area contributed by atoms with Gasteiger partial charge in [-0.1, -0.05) is 53.2 Å². The van der Waals surface area contributed by atoms with Gasteiger partial charge in [-0.3, -0.25) is 18.6 Å². The van der Waals surface area contributed by atoms with Crippen molar-refractivity contribution in [1.82, 2.24) is 0 Å². The number of benzene rings is 3. The van der Waals surface area contributed by atoms with Gasteiger partial charge in [0.2, 0.25) is 0 Å². The van der Waals surface area contributed by atoms with Gasteiger partial charge in [0.25, 0.3) is 0 Å². The van der Waals surface area contributed by atoms with Crippen molar-refractivity contribution in [1.29, 1.82) is 0 Å². The first-order valence-electron chi connectivity index (χ1n) is 7.59. The summed E-state index contributed by atoms with van der Waals surface area (Å²) in [7, 11) is -3.32. The monoisotopic (exact) mass is 391 g/mol. The molecule has 6 nitrogen and oxygen atoms in total. The Balaban J connectivity index is 2.06. The van der Waals surface area contributed by atoms with E-state index in [0.29, 0.717) is 26.3 Å². The smallest absolute Gasteiger partial charge is 0.313 e. The molecule has 0 aliphatic rings. The Hall–Kier alpha value is -2.39. The Morgan fingerprint density at radius 1 is 1.00 bits per heavy atom. The molecule has 0 radical (unpaired) electrons. The maximum absolute atomic E-state index is 10.9. The molecule has 0 bridgehead atoms. The first-order valence-corrected chi connectivity index (χ1v) is 10.1. The highest BCUT2D eigenvalue weighted by Gasteiger charge is 2.19. The Bertz CT molecular complexity index is 947. The first kappa shape index (κ1) is 18.4. The van der Waals surface area contributed by atoms with Crippen LogP contribution in [-0.4, -0.2) is 31.0 Å². The molecule has 0 saturated carbocycles. The number of thioether (sulfide) groups is 1. The highest BCUT2D eigenvalue weighted by Crippen LogP contribution is 2.50. The number of rotatable bonds is 6. The molecule has 0 fully saturated rings. The second-order valence-electron chi connectivity index (χ2n) is 5.46. The van der Waals surface area contributed by atoms with Crippen LogP contribution < -0.4 is 4.72 Å². The Morgan fingerprint density at radius 2 is 1.62 bits per heavy atom. The van der Waals surface area contributed by atoms with E-state index in [-0.39, 0.29) is 11.5 Å². The predicted molar refractivity (Wildman–Crippen MR) is 105 cm³/mol. The van der Waals surface area contributed by atoms with Crippen molar-refractivity contribution < 1.29 is 24.1 Å². The van der Waals surface area contributed by atoms with E-state index in [2.05, 4.69) is 4.72 Å². The average molecular weight is 391 g/mol. The van der Waals surface area contributed by atoms with Crippen LogP contribution in [0.4, 0.5) is 5.69 Å². The maximum atomic E-state index is 10.9. The summed E-state index contributed by atoms with van der Waals surface area (Å²) >= 11 is 0.962. The number of aromatic hydroxyl groups is 1. The zero-order valence-corrected chi connectivity index (χ0v) is 15.1. The molecule has 26 heavy (non-hydrogen) atoms. The minimum atomic E-state index is -3.32. The summed E-state index contributed by atoms with van der Waals surface area (Å²) in [5.41, 5.74) is 0.398. The number of fused-ring (bicyclic) bond motifs is 1. The van der Waals surface area contributed by atoms with Gasteiger partial charge in [-0.05, 0) is 18.2 Å². The number of hydrogen-bond acceptors (Lipinski definition) is 6. The van der Waals surface area contributed by atoms with E-state index in [1.807, 2.05) is 0 Å². The third-order valence-corrected chi connectivity index (χ3v) is 6.10. The maximum Gasteiger partial charge on any atom is 0.313 e. The van der Waals surface area contributed by atoms with Crippen LogP contribution in [0.2, 0.25) is 0 Å². The summed E-state index contributed by atoms with van der Waals surface area (Å²) in [6.45, 7) is 0. The lowest BCUT2D eigenvalue weighted by atomic mass is 10.1. The van der Waals surface area contributed by atoms with Crippen LogP contribution in [-0.2, 0) is 4.79 Å². The highest BCUT2D eigenvalue weighted by atomic mass is 32.3. The molecule has 0 atom stereocenters. The number of hydrogen-bond donors (Lipinski definition) is 5. The number of carboxylic acids is 1. The molecule has 0 unspecified atom stereocenters. The van der Waals surface area contributed by atoms with Crippen molar-refractivity contribution in [3.05, 3.63) is 60.7 Å². The summed E-state index contributed by atoms with van der Waals surface area (Å²) in [6, 6.07) is 16.9. The van der Waals surface area contributed by atoms with E-state index in [1.54, 1.807) is 54.6 Å². The molecular weight excluding hydrogens is 374 g/mol. The Labute approximate surface area is 156 Å². The Morgan fingerprint density at radius 3 is 2.27 bits per heavy atom. The largest absolute Gasteiger partial charge is 0.506 e. The van der Waals surface area contributed by atoms with E-state index in [4.69, 9.17) is 5.11 Å². The molecule has 0 aromatic heterocycles. The number of phenolic OH excluding ortho intramolecular Hbond substituents is 1. The van der Waals surface area contributed by atoms with Gasteiger partial charge in [0.1, 0.15) is 5.75 Å². The second-order valence-corrected chi connectivity index (χ2v) is 8.25. The lowest BCUT2D eigenvalue weighted by Gasteiger charge is -2.34. The number of carboxylic acid groups (broad SMARTS) is 1. The van der Waals surface area contributed by atoms with E-state index in [0.717, 1.165) is 11.8 Å². The van der Waals surface area contributed by atoms with Gasteiger partial charge in [-0.2, -0.15) is 0 Å². The minimum absolute atomic E-state index is 0.0337. The molecule has 3 aromatic rings. The molecule has 0 aliphatic carbocycles. The lowest BCUT2D eigenvalue weighted by molar-refractivity contribution is -0.133. The number of aliphatic carboxylic acids is 1. The molecule has 3 aromatic carbocycles. The van der Waals surface area contributed by atoms with E-state index >= 15 is 0 Å². The van der Waals surface area contributed by atoms with Crippen LogP contribution in [0.15, 0.2) is 70.5 Å². The van der Waals surface area contributed by atoms with Crippen LogP contribution in [0.1, 0.15) is 0 Å². The van der Waals surface area contributed by atoms with Crippen LogP contribution in [0.5, 0.6) is 5.75 Å². The fourth-order valence-corrected chi connectivity index (χ4v) is 4.35. The van der Waals surface area contributed by atoms with Crippen molar-refractivity contribution in [2.45, 2.75) is 9.79 Å². The minimum Gasteiger partial charge on any atom is -0.506 e. The van der Waals surface area contributed by atoms with E-state index < -0.39 is 16.7 Å². The standard InChI is InChI=1S/C18H17NO5S2/c20-17(21)11-25-16-10-15(13-8-4-5-9-14(13)18(16)22)19-26(23,24)12-6-2-1-3-7-12/h1-10,19,22-24H,11H2,(H,20,21). The molecule has 8 heteroatoms. The third-order valence-electron chi connectivity index (χ3n) is 3.66. The van der Waals surface area contributed by atoms with Crippen LogP contribution in [0, 0.1) is 0 Å². The molecule has 136 valence electrons. The van der Waals surface area contributed by atoms with Gasteiger partial charge in [0, 0.05) is 10.8 Å². The number of anilines is 1. The van der Waals surface area contributed by atoms with E-state index in [9.17, 15) is 19.0 Å². The molecule has 0 aliphatic heterocycles. The van der Waals surface area contributed by atoms with Crippen molar-refractivity contribution >= 4 is 45.0 Å². The summed E-state index contributed by atoms with van der Waals surface area (Å²) in [4.78, 5) is 11.5. The SMILES string of the molecule is O=C(O)CSc1cc(NS(O)(O)c2ccccc2)c2ccccc2c1O. The molecule has 3 rings (SSSR count). The van der Waals surface area contributed by atoms with Crippen molar-refractivity contribution in [2.75, 3.05) is 10.5 Å². The molecule has 0 saturated heterocycles. The van der Waals surface area contributed by atoms with Crippen molar-refractivity contribution in [3.8, 4) is 5.75 Å². The van der Waals surface area contributed by atoms with Gasteiger partial charge in [0.15, 0.2) is 0 Å². The zero-order valence-electron chi connectivity index (χ0n) is 13.5. The molecular formula is C18H17NO5S2. The van der Waals surface area contributed by atoms with Gasteiger partial charge >= 0.3 is 5.97 Å². The summed E-state index contributed by atoms with van der Waals surface area (Å²) in [5.74, 6) is -1.26. The number of nitrogens with one attached hydrogen (secondary N) is 1. The topological polar surface area (TPSA) is 110 Å². The van der Waals surface area contributed by atoms with E-state index in [1.165, 1.54) is 6.07 Å². The van der Waals surface area contributed by atoms with Gasteiger partial charge in [-0.15, -0.1) is 11.8 Å². The summed E-state index contributed by atoms with van der Waals surface area (Å²) in [6.07, 6.45) is 0. The van der Waals surface area contributed by atoms with Crippen molar-refractivity contribution in [3.63, 3.8) is 0 Å². The molecule has 0 heterocycles. The van der Waals surface area contributed by atoms with Crippen molar-refractivity contribution in [2.24, 2.45) is 0 Å². The first-order chi connectivity index (χ1) is 12.4. The fraction of sp³-hybridized carbons (Fsp3) is 0.0556. The molecule has 0 amide bonds. The summed E-state index contributed by atoms with van der Waals surface area (Å²) < 4.78 is 23.8. The normalized spacial score (nSPS) is 12.1. The van der Waals surface area contributed by atoms with Crippen LogP contribution >= 0.6 is 22.5 Å². The van der Waals surface area contributed by atoms with Crippen LogP contribution in [0.3, 0.4) is 0 Å². The number of phenols is 1. The van der Waals surface area contributed by atoms with Gasteiger partial charge < -0.3 is 10.2 Å². The van der Waals surface area contributed by atoms with Gasteiger partial charge in [0.05, 0.1) is 21.2 Å². The summed E-state index contributed by atoms with van der Waals surface area (Å²) in [5, 5.41) is 20.4. The number of carbonyl (C=O) groups is 1. The third kappa shape index (κ3) is 3.88. The molecule has 5 N–H and O–H groups in total. The average Bonchev–Trinajstić information content (AvgIpc) is 2.63.